The van der Waals surface area contributed by atoms with Crippen LogP contribution in [-0.2, 0) is 32.5 Å². The van der Waals surface area contributed by atoms with E-state index in [0.717, 1.165) is 6.42 Å². The van der Waals surface area contributed by atoms with Crippen LogP contribution in [0.2, 0.25) is 0 Å². The Hall–Kier alpha value is -5.94. The quantitative estimate of drug-likeness (QED) is 0.160. The standard InChI is InChI=1S/C68H77BN4/c1-62(2,3)44-24-30-48(31-25-44)70(49-32-26-45(27-33-49)63(4,5)6)51-42-54-57-55(43-51)73-58-52(67(12)36-17-18-37-68(67,73)13)22-19-23-53(58)69(57)61-59(71(54)50-34-28-46(29-35-50)64(7,8)9)56-60(72(61)47-20-15-14-16-21-47)66(11)40-38-65(56,10)39-41-66/h14-16,19-35,42-43H,17-18,36-41H2,1-13H3. The fourth-order valence-electron chi connectivity index (χ4n) is 15.3. The zero-order chi connectivity index (χ0) is 51.0. The van der Waals surface area contributed by atoms with E-state index in [-0.39, 0.29) is 44.7 Å². The number of para-hydroxylation sites is 2. The van der Waals surface area contributed by atoms with Crippen LogP contribution >= 0.6 is 0 Å². The third kappa shape index (κ3) is 6.51. The van der Waals surface area contributed by atoms with Gasteiger partial charge in [-0.15, -0.1) is 0 Å². The van der Waals surface area contributed by atoms with Crippen molar-refractivity contribution >= 4 is 68.7 Å². The Labute approximate surface area is 437 Å². The maximum atomic E-state index is 2.92. The maximum absolute atomic E-state index is 2.92. The molecular formula is C68H77BN4. The number of nitrogens with zero attached hydrogens (tertiary/aromatic N) is 4. The molecule has 2 bridgehead atoms. The van der Waals surface area contributed by atoms with E-state index in [9.17, 15) is 0 Å². The Morgan fingerprint density at radius 1 is 0.493 bits per heavy atom. The molecule has 3 aliphatic heterocycles. The van der Waals surface area contributed by atoms with E-state index >= 15 is 0 Å². The zero-order valence-corrected chi connectivity index (χ0v) is 46.2. The highest BCUT2D eigenvalue weighted by molar-refractivity contribution is 7.00. The van der Waals surface area contributed by atoms with E-state index < -0.39 is 0 Å². The molecule has 7 aliphatic rings. The molecular weight excluding hydrogens is 884 g/mol. The summed E-state index contributed by atoms with van der Waals surface area (Å²) >= 11 is 0. The molecule has 372 valence electrons. The first kappa shape index (κ1) is 46.8. The van der Waals surface area contributed by atoms with Gasteiger partial charge in [-0.05, 0) is 161 Å². The molecule has 2 atom stereocenters. The van der Waals surface area contributed by atoms with E-state index in [1.54, 1.807) is 16.8 Å². The molecule has 1 aromatic heterocycles. The Morgan fingerprint density at radius 3 is 1.60 bits per heavy atom. The van der Waals surface area contributed by atoms with Crippen molar-refractivity contribution < 1.29 is 0 Å². The van der Waals surface area contributed by atoms with E-state index in [1.165, 1.54) is 129 Å². The van der Waals surface area contributed by atoms with Crippen LogP contribution < -0.4 is 31.2 Å². The first-order valence-corrected chi connectivity index (χ1v) is 27.9. The summed E-state index contributed by atoms with van der Waals surface area (Å²) in [7, 11) is 0. The van der Waals surface area contributed by atoms with Crippen molar-refractivity contribution in [3.05, 3.63) is 167 Å². The molecule has 14 rings (SSSR count). The van der Waals surface area contributed by atoms with Gasteiger partial charge in [0, 0.05) is 67.5 Å². The van der Waals surface area contributed by atoms with Crippen molar-refractivity contribution in [2.75, 3.05) is 14.7 Å². The van der Waals surface area contributed by atoms with Gasteiger partial charge >= 0.3 is 0 Å². The lowest BCUT2D eigenvalue weighted by Gasteiger charge is -2.53. The lowest BCUT2D eigenvalue weighted by Crippen LogP contribution is -2.65. The fraction of sp³-hybridized carbons (Fsp3) is 0.412. The first-order valence-electron chi connectivity index (χ1n) is 27.9. The van der Waals surface area contributed by atoms with Crippen molar-refractivity contribution in [1.82, 2.24) is 4.57 Å². The van der Waals surface area contributed by atoms with E-state index in [0.29, 0.717) is 0 Å². The molecule has 4 heterocycles. The maximum Gasteiger partial charge on any atom is 0.273 e. The average Bonchev–Trinajstić information content (AvgIpc) is 3.85. The van der Waals surface area contributed by atoms with Gasteiger partial charge in [-0.3, -0.25) is 0 Å². The van der Waals surface area contributed by atoms with Crippen molar-refractivity contribution in [3.63, 3.8) is 0 Å². The number of rotatable bonds is 5. The summed E-state index contributed by atoms with van der Waals surface area (Å²) in [6.45, 7) is 31.5. The number of hydrogen-bond acceptors (Lipinski definition) is 3. The number of anilines is 8. The van der Waals surface area contributed by atoms with Gasteiger partial charge in [0.05, 0.1) is 16.9 Å². The second-order valence-corrected chi connectivity index (χ2v) is 27.5. The molecule has 0 spiro atoms. The Bertz CT molecular complexity index is 3290. The molecule has 4 aliphatic carbocycles. The highest BCUT2D eigenvalue weighted by Crippen LogP contribution is 2.65. The van der Waals surface area contributed by atoms with Crippen molar-refractivity contribution in [2.24, 2.45) is 0 Å². The predicted molar refractivity (Wildman–Crippen MR) is 312 cm³/mol. The first-order chi connectivity index (χ1) is 34.6. The zero-order valence-electron chi connectivity index (χ0n) is 46.2. The summed E-state index contributed by atoms with van der Waals surface area (Å²) in [5, 5.41) is 0. The van der Waals surface area contributed by atoms with Gasteiger partial charge in [0.25, 0.3) is 6.71 Å². The number of benzene rings is 6. The van der Waals surface area contributed by atoms with Crippen LogP contribution in [0.5, 0.6) is 0 Å². The summed E-state index contributed by atoms with van der Waals surface area (Å²) in [4.78, 5) is 8.30. The van der Waals surface area contributed by atoms with Gasteiger partial charge < -0.3 is 19.3 Å². The SMILES string of the molecule is CC(C)(C)c1ccc(N(c2ccc(C(C)(C)C)cc2)c2cc3c4c(c2)N2c5c(cccc5C5(C)CCCCC25C)B4c2c(c4c(n2-c2ccccc2)C2(C)CCC4(C)CC2)N3c2ccc(C(C)(C)C)cc2)cc1. The van der Waals surface area contributed by atoms with Gasteiger partial charge in [0.2, 0.25) is 0 Å². The summed E-state index contributed by atoms with van der Waals surface area (Å²) in [6.07, 6.45) is 9.67. The van der Waals surface area contributed by atoms with Crippen molar-refractivity contribution in [2.45, 2.75) is 179 Å². The minimum absolute atomic E-state index is 0.00966. The average molecular weight is 961 g/mol. The smallest absolute Gasteiger partial charge is 0.273 e. The minimum atomic E-state index is -0.116. The molecule has 4 nitrogen and oxygen atoms in total. The lowest BCUT2D eigenvalue weighted by atomic mass is 9.34. The Morgan fingerprint density at radius 2 is 1.03 bits per heavy atom. The van der Waals surface area contributed by atoms with Crippen molar-refractivity contribution in [1.29, 1.82) is 0 Å². The number of aromatic nitrogens is 1. The largest absolute Gasteiger partial charge is 0.335 e. The molecule has 73 heavy (non-hydrogen) atoms. The molecule has 2 saturated carbocycles. The minimum Gasteiger partial charge on any atom is -0.335 e. The highest BCUT2D eigenvalue weighted by Gasteiger charge is 2.63. The summed E-state index contributed by atoms with van der Waals surface area (Å²) in [5.41, 5.74) is 24.8. The van der Waals surface area contributed by atoms with Crippen LogP contribution in [0.1, 0.15) is 175 Å². The van der Waals surface area contributed by atoms with Crippen LogP contribution in [0.4, 0.5) is 45.5 Å². The highest BCUT2D eigenvalue weighted by atomic mass is 15.3. The predicted octanol–water partition coefficient (Wildman–Crippen LogP) is 16.3. The molecule has 0 saturated heterocycles. The van der Waals surface area contributed by atoms with E-state index in [2.05, 4.69) is 243 Å². The van der Waals surface area contributed by atoms with E-state index in [1.807, 2.05) is 0 Å². The van der Waals surface area contributed by atoms with Gasteiger partial charge in [-0.1, -0.05) is 169 Å². The Balaban J connectivity index is 1.19. The van der Waals surface area contributed by atoms with Crippen LogP contribution in [-0.4, -0.2) is 16.8 Å². The summed E-state index contributed by atoms with van der Waals surface area (Å²) in [6, 6.07) is 53.0. The second-order valence-electron chi connectivity index (χ2n) is 27.5. The molecule has 0 amide bonds. The van der Waals surface area contributed by atoms with Crippen molar-refractivity contribution in [3.8, 4) is 5.69 Å². The molecule has 0 radical (unpaired) electrons. The van der Waals surface area contributed by atoms with Gasteiger partial charge in [0.1, 0.15) is 0 Å². The second kappa shape index (κ2) is 15.3. The van der Waals surface area contributed by atoms with Gasteiger partial charge in [0.15, 0.2) is 0 Å². The third-order valence-electron chi connectivity index (χ3n) is 19.9. The molecule has 2 unspecified atom stereocenters. The monoisotopic (exact) mass is 961 g/mol. The Kier molecular flexibility index (Phi) is 9.83. The topological polar surface area (TPSA) is 14.7 Å². The summed E-state index contributed by atoms with van der Waals surface area (Å²) < 4.78 is 2.84. The third-order valence-corrected chi connectivity index (χ3v) is 19.9. The fourth-order valence-corrected chi connectivity index (χ4v) is 15.3. The normalized spacial score (nSPS) is 24.5. The van der Waals surface area contributed by atoms with Gasteiger partial charge in [-0.2, -0.15) is 0 Å². The number of fused-ring (bicyclic) bond motifs is 9. The van der Waals surface area contributed by atoms with E-state index in [4.69, 9.17) is 0 Å². The summed E-state index contributed by atoms with van der Waals surface area (Å²) in [5.74, 6) is 0. The molecule has 2 fully saturated rings. The van der Waals surface area contributed by atoms with Crippen LogP contribution in [0.15, 0.2) is 133 Å². The van der Waals surface area contributed by atoms with Crippen LogP contribution in [0.3, 0.4) is 0 Å². The molecule has 5 heteroatoms. The van der Waals surface area contributed by atoms with Crippen LogP contribution in [0, 0.1) is 0 Å². The molecule has 6 aromatic carbocycles. The molecule has 7 aromatic rings. The van der Waals surface area contributed by atoms with Crippen LogP contribution in [0.25, 0.3) is 5.69 Å². The van der Waals surface area contributed by atoms with Gasteiger partial charge in [-0.25, -0.2) is 0 Å². The lowest BCUT2D eigenvalue weighted by molar-refractivity contribution is 0.182. The number of hydrogen-bond donors (Lipinski definition) is 0. The molecule has 0 N–H and O–H groups in total.